The van der Waals surface area contributed by atoms with Gasteiger partial charge in [-0.1, -0.05) is 0 Å². The van der Waals surface area contributed by atoms with E-state index in [4.69, 9.17) is 10.8 Å². The van der Waals surface area contributed by atoms with Gasteiger partial charge in [-0.15, -0.1) is 0 Å². The van der Waals surface area contributed by atoms with Gasteiger partial charge in [-0.05, 0) is 11.6 Å². The number of carboxylic acid groups (broad SMARTS) is 1. The van der Waals surface area contributed by atoms with Gasteiger partial charge in [0.1, 0.15) is 11.4 Å². The van der Waals surface area contributed by atoms with Gasteiger partial charge < -0.3 is 15.9 Å². The largest absolute Gasteiger partial charge is 0.506 e. The van der Waals surface area contributed by atoms with Crippen LogP contribution in [0, 0.1) is 0 Å². The smallest absolute Gasteiger partial charge is 0.307 e. The molecule has 7 heteroatoms. The molecule has 1 rings (SSSR count). The summed E-state index contributed by atoms with van der Waals surface area (Å²) < 4.78 is 24.7. The van der Waals surface area contributed by atoms with Gasteiger partial charge in [-0.3, -0.25) is 4.79 Å². The van der Waals surface area contributed by atoms with Crippen LogP contribution in [0.2, 0.25) is 0 Å². The maximum atomic E-state index is 12.4. The Kier molecular flexibility index (Phi) is 3.73. The molecular weight excluding hydrogens is 222 g/mol. The van der Waals surface area contributed by atoms with E-state index in [-0.39, 0.29) is 17.8 Å². The Morgan fingerprint density at radius 1 is 1.56 bits per heavy atom. The lowest BCUT2D eigenvalue weighted by molar-refractivity contribution is -0.136. The molecule has 0 radical (unpaired) electrons. The number of aliphatic carboxylic acids is 1. The highest BCUT2D eigenvalue weighted by Crippen LogP contribution is 2.28. The first-order valence-electron chi connectivity index (χ1n) is 4.37. The summed E-state index contributed by atoms with van der Waals surface area (Å²) >= 11 is 0. The molecule has 0 saturated heterocycles. The van der Waals surface area contributed by atoms with E-state index in [0.29, 0.717) is 0 Å². The second kappa shape index (κ2) is 4.84. The van der Waals surface area contributed by atoms with E-state index in [9.17, 15) is 18.7 Å². The van der Waals surface area contributed by atoms with Crippen LogP contribution in [0.5, 0.6) is 5.75 Å². The molecule has 0 unspecified atom stereocenters. The van der Waals surface area contributed by atoms with Crippen LogP contribution in [0.1, 0.15) is 23.4 Å². The van der Waals surface area contributed by atoms with Crippen molar-refractivity contribution < 1.29 is 23.8 Å². The van der Waals surface area contributed by atoms with Crippen molar-refractivity contribution in [3.8, 4) is 5.75 Å². The lowest BCUT2D eigenvalue weighted by Crippen LogP contribution is -2.11. The van der Waals surface area contributed by atoms with Crippen LogP contribution in [-0.2, 0) is 17.8 Å². The third-order valence-corrected chi connectivity index (χ3v) is 1.94. The number of halogens is 2. The quantitative estimate of drug-likeness (QED) is 0.713. The van der Waals surface area contributed by atoms with Crippen molar-refractivity contribution in [2.75, 3.05) is 0 Å². The van der Waals surface area contributed by atoms with E-state index in [2.05, 4.69) is 4.98 Å². The average molecular weight is 232 g/mol. The molecule has 1 heterocycles. The molecule has 0 amide bonds. The molecule has 0 aromatic carbocycles. The fourth-order valence-corrected chi connectivity index (χ4v) is 1.25. The molecule has 0 aliphatic carbocycles. The molecular formula is C9H10F2N2O3. The van der Waals surface area contributed by atoms with E-state index in [1.54, 1.807) is 0 Å². The highest BCUT2D eigenvalue weighted by atomic mass is 19.3. The molecule has 5 nitrogen and oxygen atoms in total. The van der Waals surface area contributed by atoms with Gasteiger partial charge in [-0.2, -0.15) is 0 Å². The SMILES string of the molecule is NCc1nc(C(F)F)c(O)cc1CC(=O)O. The number of alkyl halides is 2. The van der Waals surface area contributed by atoms with Crippen molar-refractivity contribution in [2.24, 2.45) is 5.73 Å². The van der Waals surface area contributed by atoms with Gasteiger partial charge >= 0.3 is 5.97 Å². The Labute approximate surface area is 89.5 Å². The molecule has 0 aliphatic heterocycles. The second-order valence-corrected chi connectivity index (χ2v) is 3.07. The maximum Gasteiger partial charge on any atom is 0.307 e. The second-order valence-electron chi connectivity index (χ2n) is 3.07. The molecule has 1 aromatic rings. The van der Waals surface area contributed by atoms with Crippen LogP contribution in [0.3, 0.4) is 0 Å². The molecule has 0 bridgehead atoms. The summed E-state index contributed by atoms with van der Waals surface area (Å²) in [5.41, 5.74) is 4.67. The Morgan fingerprint density at radius 3 is 2.62 bits per heavy atom. The van der Waals surface area contributed by atoms with Crippen molar-refractivity contribution in [3.63, 3.8) is 0 Å². The fourth-order valence-electron chi connectivity index (χ4n) is 1.25. The van der Waals surface area contributed by atoms with Crippen molar-refractivity contribution in [1.82, 2.24) is 4.98 Å². The van der Waals surface area contributed by atoms with E-state index >= 15 is 0 Å². The normalized spacial score (nSPS) is 10.8. The predicted molar refractivity (Wildman–Crippen MR) is 50.1 cm³/mol. The van der Waals surface area contributed by atoms with E-state index in [1.807, 2.05) is 0 Å². The third-order valence-electron chi connectivity index (χ3n) is 1.94. The number of rotatable bonds is 4. The first kappa shape index (κ1) is 12.3. The minimum Gasteiger partial charge on any atom is -0.506 e. The number of aromatic nitrogens is 1. The number of carbonyl (C=O) groups is 1. The lowest BCUT2D eigenvalue weighted by Gasteiger charge is -2.09. The fraction of sp³-hybridized carbons (Fsp3) is 0.333. The summed E-state index contributed by atoms with van der Waals surface area (Å²) in [6, 6.07) is 0.963. The Morgan fingerprint density at radius 2 is 2.19 bits per heavy atom. The average Bonchev–Trinajstić information content (AvgIpc) is 2.16. The van der Waals surface area contributed by atoms with Gasteiger partial charge in [0, 0.05) is 6.54 Å². The van der Waals surface area contributed by atoms with Gasteiger partial charge in [0.2, 0.25) is 0 Å². The number of pyridine rings is 1. The highest BCUT2D eigenvalue weighted by molar-refractivity contribution is 5.70. The minimum atomic E-state index is -2.93. The lowest BCUT2D eigenvalue weighted by atomic mass is 10.1. The number of nitrogens with zero attached hydrogens (tertiary/aromatic N) is 1. The number of aromatic hydroxyl groups is 1. The topological polar surface area (TPSA) is 96.4 Å². The molecule has 16 heavy (non-hydrogen) atoms. The number of nitrogens with two attached hydrogens (primary N) is 1. The van der Waals surface area contributed by atoms with Crippen LogP contribution in [0.25, 0.3) is 0 Å². The molecule has 0 saturated carbocycles. The molecule has 1 aromatic heterocycles. The van der Waals surface area contributed by atoms with Gasteiger partial charge in [-0.25, -0.2) is 13.8 Å². The monoisotopic (exact) mass is 232 g/mol. The summed E-state index contributed by atoms with van der Waals surface area (Å²) in [6.07, 6.45) is -3.35. The van der Waals surface area contributed by atoms with Gasteiger partial charge in [0.05, 0.1) is 12.1 Å². The van der Waals surface area contributed by atoms with Gasteiger partial charge in [0.15, 0.2) is 0 Å². The maximum absolute atomic E-state index is 12.4. The molecule has 0 aliphatic rings. The summed E-state index contributed by atoms with van der Waals surface area (Å²) in [4.78, 5) is 13.9. The van der Waals surface area contributed by atoms with Crippen LogP contribution in [0.4, 0.5) is 8.78 Å². The van der Waals surface area contributed by atoms with Crippen molar-refractivity contribution in [2.45, 2.75) is 19.4 Å². The Balaban J connectivity index is 3.20. The molecule has 4 N–H and O–H groups in total. The number of carboxylic acids is 1. The third kappa shape index (κ3) is 2.63. The Bertz CT molecular complexity index is 410. The molecule has 0 atom stereocenters. The first-order valence-corrected chi connectivity index (χ1v) is 4.37. The van der Waals surface area contributed by atoms with Crippen LogP contribution in [0.15, 0.2) is 6.07 Å². The van der Waals surface area contributed by atoms with E-state index in [0.717, 1.165) is 6.07 Å². The summed E-state index contributed by atoms with van der Waals surface area (Å²) in [7, 11) is 0. The minimum absolute atomic E-state index is 0.0514. The van der Waals surface area contributed by atoms with Crippen molar-refractivity contribution in [1.29, 1.82) is 0 Å². The van der Waals surface area contributed by atoms with Crippen molar-refractivity contribution >= 4 is 5.97 Å². The van der Waals surface area contributed by atoms with E-state index in [1.165, 1.54) is 0 Å². The van der Waals surface area contributed by atoms with Crippen LogP contribution in [-0.4, -0.2) is 21.2 Å². The summed E-state index contributed by atoms with van der Waals surface area (Å²) in [5.74, 6) is -1.87. The molecule has 0 fully saturated rings. The zero-order valence-corrected chi connectivity index (χ0v) is 8.15. The van der Waals surface area contributed by atoms with E-state index < -0.39 is 30.3 Å². The highest BCUT2D eigenvalue weighted by Gasteiger charge is 2.18. The standard InChI is InChI=1S/C9H10F2N2O3/c10-9(11)8-6(14)1-4(2-7(15)16)5(3-12)13-8/h1,9,14H,2-3,12H2,(H,15,16). The summed E-state index contributed by atoms with van der Waals surface area (Å²) in [6.45, 7) is -0.164. The zero-order chi connectivity index (χ0) is 12.3. The summed E-state index contributed by atoms with van der Waals surface area (Å²) in [5, 5.41) is 17.8. The predicted octanol–water partition coefficient (Wildman–Crippen LogP) is 0.811. The van der Waals surface area contributed by atoms with Crippen LogP contribution >= 0.6 is 0 Å². The van der Waals surface area contributed by atoms with Crippen LogP contribution < -0.4 is 5.73 Å². The Hall–Kier alpha value is -1.76. The number of hydrogen-bond donors (Lipinski definition) is 3. The molecule has 0 spiro atoms. The zero-order valence-electron chi connectivity index (χ0n) is 8.15. The number of hydrogen-bond acceptors (Lipinski definition) is 4. The molecule has 88 valence electrons. The van der Waals surface area contributed by atoms with Gasteiger partial charge in [0.25, 0.3) is 6.43 Å². The van der Waals surface area contributed by atoms with Crippen molar-refractivity contribution in [3.05, 3.63) is 23.0 Å². The first-order chi connectivity index (χ1) is 7.45.